The van der Waals surface area contributed by atoms with Crippen LogP contribution >= 0.6 is 34.8 Å². The molecule has 0 spiro atoms. The maximum absolute atomic E-state index is 12.4. The second-order valence-electron chi connectivity index (χ2n) is 27.2. The molecule has 6 aromatic carbocycles. The number of amides is 5. The fourth-order valence-electron chi connectivity index (χ4n) is 11.6. The average molecular weight is 1720 g/mol. The number of carbonyl (C=O) groups is 5. The molecule has 5 N–H and O–H groups in total. The summed E-state index contributed by atoms with van der Waals surface area (Å²) in [6.07, 6.45) is 38.4. The molecule has 15 aromatic rings. The van der Waals surface area contributed by atoms with E-state index in [9.17, 15) is 24.0 Å². The molecule has 0 radical (unpaired) electrons. The quantitative estimate of drug-likeness (QED) is 0.0349. The lowest BCUT2D eigenvalue weighted by Crippen LogP contribution is -2.15. The van der Waals surface area contributed by atoms with Gasteiger partial charge in [-0.2, -0.15) is 0 Å². The summed E-state index contributed by atoms with van der Waals surface area (Å²) in [6.45, 7) is 5.83. The number of benzene rings is 6. The lowest BCUT2D eigenvalue weighted by molar-refractivity contribution is 0.101. The van der Waals surface area contributed by atoms with Crippen LogP contribution in [0.2, 0.25) is 15.3 Å². The van der Waals surface area contributed by atoms with E-state index in [1.54, 1.807) is 184 Å². The molecule has 0 saturated carbocycles. The minimum absolute atomic E-state index is 0.178. The summed E-state index contributed by atoms with van der Waals surface area (Å²) in [5, 5.41) is 15.1. The van der Waals surface area contributed by atoms with Gasteiger partial charge in [0.1, 0.15) is 65.2 Å². The number of aromatic nitrogens is 14. The zero-order chi connectivity index (χ0) is 88.7. The number of nitrogens with zero attached hydrogens (tertiary/aromatic N) is 19. The largest absolute Gasteiger partial charge is 0.342 e. The van der Waals surface area contributed by atoms with E-state index in [1.807, 2.05) is 159 Å². The molecule has 5 amide bonds. The van der Waals surface area contributed by atoms with Gasteiger partial charge in [-0.05, 0) is 136 Å². The summed E-state index contributed by atoms with van der Waals surface area (Å²) in [4.78, 5) is 128. The summed E-state index contributed by atoms with van der Waals surface area (Å²) >= 11 is 18.5. The SMILES string of the molecule is C#Cc1cccc(C(=O)Nc2cc(N(C)c3cncnc3)cc(Cl)n2)c1.C#Cc1cccc(C(=O)Nc2cc(N(C)c3cncnc3)ccn2)c1.Cc1cccc(C(=O)Nc2cc(Cl)cc(N(C)c3cncnc3)c2)c1.Cc1cccc(C(=O)Nc2cc(N(C)c3cncnc3)cc(Cl)n2)c1.Cc1cccc(C(=O)Nc2cc(N(C)c3cncnc3)ccn2)c1. The number of hydrogen-bond acceptors (Lipinski definition) is 24. The Bertz CT molecular complexity index is 6200. The van der Waals surface area contributed by atoms with E-state index >= 15 is 0 Å². The minimum Gasteiger partial charge on any atom is -0.342 e. The van der Waals surface area contributed by atoms with Crippen LogP contribution in [0.1, 0.15) is 79.6 Å². The summed E-state index contributed by atoms with van der Waals surface area (Å²) in [7, 11) is 9.37. The lowest BCUT2D eigenvalue weighted by Gasteiger charge is -2.20. The van der Waals surface area contributed by atoms with Crippen LogP contribution in [0.25, 0.3) is 0 Å². The number of halogens is 3. The molecule has 9 heterocycles. The highest BCUT2D eigenvalue weighted by atomic mass is 35.5. The van der Waals surface area contributed by atoms with Gasteiger partial charge in [-0.25, -0.2) is 69.8 Å². The standard InChI is InChI=1S/C19H14ClN5O.C19H17ClN4O.C19H15N5O.C18H16ClN5O.C18H17N5O/c1-3-13-5-4-6-14(7-13)19(26)24-18-9-15(8-17(20)23-18)25(2)16-10-21-12-22-11-16;1-13-4-3-5-14(6-13)19(25)23-16-7-15(20)8-17(9-16)24(2)18-10-21-12-22-11-18;1-3-14-5-4-6-15(9-14)19(25)23-18-10-16(7-8-22-18)24(2)17-11-20-13-21-12-17;1-12-4-3-5-13(6-12)18(25)23-17-8-14(7-16(19)22-17)24(2)15-9-20-11-21-10-15;1-13-4-3-5-14(8-13)18(24)22-17-9-15(6-7-21-17)23(2)16-10-19-12-20-11-16/h1,4-12H,2H3,(H,23,24,26);3-12H,1-2H3,(H,23,25);1,4-13H,2H3,(H,22,23,25);3-11H,1-2H3,(H,22,23,25);3-12H,1-2H3,(H,21,22,24). The van der Waals surface area contributed by atoms with E-state index in [0.717, 1.165) is 73.6 Å². The van der Waals surface area contributed by atoms with Crippen molar-refractivity contribution in [3.8, 4) is 24.7 Å². The molecular formula is C93H79Cl3N24O5. The fourth-order valence-corrected chi connectivity index (χ4v) is 12.2. The number of nitrogens with one attached hydrogen (secondary N) is 5. The van der Waals surface area contributed by atoms with Crippen LogP contribution < -0.4 is 51.1 Å². The number of anilines is 15. The van der Waals surface area contributed by atoms with Gasteiger partial charge in [0.15, 0.2) is 0 Å². The maximum Gasteiger partial charge on any atom is 0.256 e. The lowest BCUT2D eigenvalue weighted by atomic mass is 10.1. The summed E-state index contributed by atoms with van der Waals surface area (Å²) in [5.41, 5.74) is 15.8. The molecule has 29 nitrogen and oxygen atoms in total. The van der Waals surface area contributed by atoms with Crippen molar-refractivity contribution in [3.05, 3.63) is 365 Å². The molecule has 0 aliphatic rings. The van der Waals surface area contributed by atoms with Crippen LogP contribution in [0.3, 0.4) is 0 Å². The number of rotatable bonds is 20. The number of pyridine rings is 4. The number of aryl methyl sites for hydroxylation is 3. The first kappa shape index (κ1) is 89.4. The van der Waals surface area contributed by atoms with E-state index in [2.05, 4.69) is 108 Å². The van der Waals surface area contributed by atoms with Crippen molar-refractivity contribution in [2.45, 2.75) is 20.8 Å². The molecule has 125 heavy (non-hydrogen) atoms. The smallest absolute Gasteiger partial charge is 0.256 e. The van der Waals surface area contributed by atoms with Crippen LogP contribution in [0.4, 0.5) is 85.8 Å². The first-order valence-corrected chi connectivity index (χ1v) is 39.0. The zero-order valence-electron chi connectivity index (χ0n) is 68.5. The van der Waals surface area contributed by atoms with Crippen LogP contribution in [-0.4, -0.2) is 135 Å². The fraction of sp³-hybridized carbons (Fsp3) is 0.0860. The molecule has 622 valence electrons. The second kappa shape index (κ2) is 44.1. The Hall–Kier alpha value is -16.3. The Labute approximate surface area is 736 Å². The van der Waals surface area contributed by atoms with Gasteiger partial charge in [0.25, 0.3) is 29.5 Å². The predicted octanol–water partition coefficient (Wildman–Crippen LogP) is 17.9. The molecule has 0 bridgehead atoms. The van der Waals surface area contributed by atoms with Crippen molar-refractivity contribution < 1.29 is 24.0 Å². The zero-order valence-corrected chi connectivity index (χ0v) is 70.8. The average Bonchev–Trinajstić information content (AvgIpc) is 0.841. The van der Waals surface area contributed by atoms with E-state index in [-0.39, 0.29) is 39.8 Å². The summed E-state index contributed by atoms with van der Waals surface area (Å²) < 4.78 is 0. The molecule has 0 aliphatic carbocycles. The van der Waals surface area contributed by atoms with Crippen molar-refractivity contribution in [1.82, 2.24) is 69.8 Å². The second-order valence-corrected chi connectivity index (χ2v) is 28.4. The highest BCUT2D eigenvalue weighted by Crippen LogP contribution is 2.33. The molecule has 0 saturated heterocycles. The van der Waals surface area contributed by atoms with Crippen molar-refractivity contribution >= 4 is 150 Å². The number of carbonyl (C=O) groups excluding carboxylic acids is 5. The van der Waals surface area contributed by atoms with E-state index < -0.39 is 0 Å². The van der Waals surface area contributed by atoms with Gasteiger partial charge in [-0.15, -0.1) is 12.8 Å². The normalized spacial score (nSPS) is 10.2. The molecule has 15 rings (SSSR count). The van der Waals surface area contributed by atoms with E-state index in [1.165, 1.54) is 31.6 Å². The molecule has 0 fully saturated rings. The Morgan fingerprint density at radius 2 is 0.568 bits per heavy atom. The Kier molecular flexibility index (Phi) is 31.6. The van der Waals surface area contributed by atoms with Gasteiger partial charge in [-0.1, -0.05) is 112 Å². The van der Waals surface area contributed by atoms with E-state index in [0.29, 0.717) is 72.9 Å². The molecule has 0 atom stereocenters. The summed E-state index contributed by atoms with van der Waals surface area (Å²) in [5.74, 6) is 5.44. The summed E-state index contributed by atoms with van der Waals surface area (Å²) in [6, 6.07) is 55.4. The first-order valence-electron chi connectivity index (χ1n) is 37.8. The molecular weight excluding hydrogens is 1640 g/mol. The maximum atomic E-state index is 12.4. The van der Waals surface area contributed by atoms with Crippen LogP contribution in [-0.2, 0) is 0 Å². The van der Waals surface area contributed by atoms with Crippen molar-refractivity contribution in [2.24, 2.45) is 0 Å². The third kappa shape index (κ3) is 26.3. The Morgan fingerprint density at radius 1 is 0.296 bits per heavy atom. The van der Waals surface area contributed by atoms with Crippen LogP contribution in [0, 0.1) is 45.5 Å². The first-order chi connectivity index (χ1) is 60.4. The van der Waals surface area contributed by atoms with Gasteiger partial charge in [-0.3, -0.25) is 24.0 Å². The Morgan fingerprint density at radius 3 is 0.880 bits per heavy atom. The number of terminal acetylenes is 2. The minimum atomic E-state index is -0.325. The highest BCUT2D eigenvalue weighted by molar-refractivity contribution is 6.31. The van der Waals surface area contributed by atoms with Crippen molar-refractivity contribution in [3.63, 3.8) is 0 Å². The molecule has 32 heteroatoms. The topological polar surface area (TPSA) is 342 Å². The van der Waals surface area contributed by atoms with Crippen molar-refractivity contribution in [1.29, 1.82) is 0 Å². The number of hydrogen-bond donors (Lipinski definition) is 5. The van der Waals surface area contributed by atoms with Crippen LogP contribution in [0.15, 0.2) is 294 Å². The van der Waals surface area contributed by atoms with Gasteiger partial charge < -0.3 is 51.1 Å². The van der Waals surface area contributed by atoms with Gasteiger partial charge in [0.05, 0.1) is 90.4 Å². The van der Waals surface area contributed by atoms with Gasteiger partial charge in [0, 0.05) is 150 Å². The predicted molar refractivity (Wildman–Crippen MR) is 491 cm³/mol. The molecule has 0 unspecified atom stereocenters. The monoisotopic (exact) mass is 1720 g/mol. The Balaban J connectivity index is 0.000000152. The third-order valence-electron chi connectivity index (χ3n) is 18.2. The van der Waals surface area contributed by atoms with Crippen molar-refractivity contribution in [2.75, 3.05) is 86.3 Å². The van der Waals surface area contributed by atoms with Gasteiger partial charge >= 0.3 is 0 Å². The molecule has 0 aliphatic heterocycles. The highest BCUT2D eigenvalue weighted by Gasteiger charge is 2.19. The van der Waals surface area contributed by atoms with E-state index in [4.69, 9.17) is 47.6 Å². The third-order valence-corrected chi connectivity index (χ3v) is 18.8. The van der Waals surface area contributed by atoms with Gasteiger partial charge in [0.2, 0.25) is 0 Å². The van der Waals surface area contributed by atoms with Crippen LogP contribution in [0.5, 0.6) is 0 Å². The molecule has 9 aromatic heterocycles.